The number of nitrogens with two attached hydrogens (primary N) is 2. The molecule has 0 radical (unpaired) electrons. The highest BCUT2D eigenvalue weighted by Crippen LogP contribution is 2.25. The molecule has 8 heteroatoms. The van der Waals surface area contributed by atoms with Crippen molar-refractivity contribution in [2.75, 3.05) is 13.2 Å². The number of esters is 1. The molecule has 0 aromatic rings. The predicted molar refractivity (Wildman–Crippen MR) is 136 cm³/mol. The third kappa shape index (κ3) is 12.2. The minimum absolute atomic E-state index is 0.164. The van der Waals surface area contributed by atoms with Gasteiger partial charge in [0.1, 0.15) is 7.01 Å². The van der Waals surface area contributed by atoms with Crippen molar-refractivity contribution in [2.45, 2.75) is 129 Å². The monoisotopic (exact) mass is 486 g/mol. The number of hydrogen-bond acceptors (Lipinski definition) is 7. The van der Waals surface area contributed by atoms with Gasteiger partial charge < -0.3 is 20.9 Å². The van der Waals surface area contributed by atoms with Crippen molar-refractivity contribution in [3.8, 4) is 0 Å². The van der Waals surface area contributed by atoms with E-state index in [2.05, 4.69) is 18.0 Å². The van der Waals surface area contributed by atoms with Crippen LogP contribution in [0.25, 0.3) is 0 Å². The van der Waals surface area contributed by atoms with E-state index in [1.165, 1.54) is 25.7 Å². The summed E-state index contributed by atoms with van der Waals surface area (Å²) in [5, 5.41) is 2.54. The quantitative estimate of drug-likeness (QED) is 0.138. The number of rotatable bonds is 19. The molecule has 0 aliphatic heterocycles. The van der Waals surface area contributed by atoms with Crippen LogP contribution in [0.15, 0.2) is 0 Å². The van der Waals surface area contributed by atoms with Crippen LogP contribution in [0.2, 0.25) is 1.41 Å². The van der Waals surface area contributed by atoms with Crippen molar-refractivity contribution in [2.24, 2.45) is 17.4 Å². The Bertz CT molecular complexity index is 625. The predicted octanol–water partition coefficient (Wildman–Crippen LogP) is 4.62. The fourth-order valence-corrected chi connectivity index (χ4v) is 3.76. The summed E-state index contributed by atoms with van der Waals surface area (Å²) in [6.45, 7) is 11.3. The largest absolute Gasteiger partial charge is 0.464 e. The van der Waals surface area contributed by atoms with Gasteiger partial charge in [-0.3, -0.25) is 10.1 Å². The standard InChI is InChI=1S/C26H51N3O5/c1-7-8-9-10-11-12-13-16-19-33-23(31)26(20(2)3,29-24(32)34-25(4,5)6)22(30)21(28)17-14-15-18-27/h20-21H,7-19,27-28H2,1-6H3,(H,29,32)/t21-,26+/m0/s1/i/hD. The number of unbranched alkanes of at least 4 members (excludes halogenated alkanes) is 8. The van der Waals surface area contributed by atoms with Crippen LogP contribution in [-0.2, 0) is 19.1 Å². The zero-order valence-corrected chi connectivity index (χ0v) is 22.5. The molecule has 200 valence electrons. The van der Waals surface area contributed by atoms with Gasteiger partial charge in [0.25, 0.3) is 0 Å². The van der Waals surface area contributed by atoms with Crippen molar-refractivity contribution in [1.29, 1.82) is 0 Å². The van der Waals surface area contributed by atoms with Gasteiger partial charge in [0.05, 0.1) is 12.6 Å². The molecule has 0 aliphatic carbocycles. The zero-order chi connectivity index (χ0) is 26.9. The lowest BCUT2D eigenvalue weighted by molar-refractivity contribution is -0.159. The number of ketones is 1. The Labute approximate surface area is 208 Å². The molecule has 0 unspecified atom stereocenters. The highest BCUT2D eigenvalue weighted by atomic mass is 16.6. The van der Waals surface area contributed by atoms with Gasteiger partial charge >= 0.3 is 12.1 Å². The van der Waals surface area contributed by atoms with Crippen LogP contribution in [0.1, 0.15) is 112 Å². The van der Waals surface area contributed by atoms with Crippen LogP contribution in [0.3, 0.4) is 0 Å². The fraction of sp³-hybridized carbons (Fsp3) is 0.885. The first-order chi connectivity index (χ1) is 16.5. The summed E-state index contributed by atoms with van der Waals surface area (Å²) in [5.41, 5.74) is 5.04. The number of nitrogens with one attached hydrogen (secondary N) is 1. The van der Waals surface area contributed by atoms with Crippen molar-refractivity contribution < 1.29 is 25.3 Å². The first-order valence-electron chi connectivity index (χ1n) is 13.6. The van der Waals surface area contributed by atoms with Crippen LogP contribution in [0, 0.1) is 5.92 Å². The van der Waals surface area contributed by atoms with Gasteiger partial charge in [-0.1, -0.05) is 72.1 Å². The topological polar surface area (TPSA) is 134 Å². The van der Waals surface area contributed by atoms with Gasteiger partial charge in [-0.05, 0) is 52.5 Å². The van der Waals surface area contributed by atoms with Crippen molar-refractivity contribution in [3.05, 3.63) is 0 Å². The molecule has 0 aliphatic rings. The molecule has 1 amide bonds. The second-order valence-electron chi connectivity index (χ2n) is 10.4. The number of Topliss-reactive ketones (excluding diaryl/α,β-unsaturated/α-hetero) is 1. The van der Waals surface area contributed by atoms with Gasteiger partial charge in [-0.25, -0.2) is 9.59 Å². The van der Waals surface area contributed by atoms with E-state index in [9.17, 15) is 14.4 Å². The van der Waals surface area contributed by atoms with Crippen molar-refractivity contribution in [3.63, 3.8) is 0 Å². The average Bonchev–Trinajstić information content (AvgIpc) is 2.77. The first kappa shape index (κ1) is 30.4. The SMILES string of the molecule is [2H]N[C@@H](CCCCN)C(=O)[C@@](NC(=O)OC(C)(C)C)(C(=O)OCCCCCCCCCC)C(C)C. The van der Waals surface area contributed by atoms with Gasteiger partial charge in [-0.2, -0.15) is 0 Å². The molecule has 0 bridgehead atoms. The van der Waals surface area contributed by atoms with Crippen LogP contribution < -0.4 is 16.8 Å². The zero-order valence-electron chi connectivity index (χ0n) is 23.5. The number of carbonyl (C=O) groups is 3. The highest BCUT2D eigenvalue weighted by molar-refractivity contribution is 6.12. The van der Waals surface area contributed by atoms with E-state index >= 15 is 0 Å². The molecule has 0 aromatic carbocycles. The Morgan fingerprint density at radius 3 is 2.03 bits per heavy atom. The first-order valence-corrected chi connectivity index (χ1v) is 13.1. The maximum Gasteiger partial charge on any atom is 0.408 e. The lowest BCUT2D eigenvalue weighted by Gasteiger charge is -2.36. The molecule has 8 nitrogen and oxygen atoms in total. The van der Waals surface area contributed by atoms with Crippen molar-refractivity contribution in [1.82, 2.24) is 5.32 Å². The third-order valence-corrected chi connectivity index (χ3v) is 5.77. The average molecular weight is 487 g/mol. The lowest BCUT2D eigenvalue weighted by Crippen LogP contribution is -2.68. The Morgan fingerprint density at radius 2 is 1.53 bits per heavy atom. The lowest BCUT2D eigenvalue weighted by atomic mass is 9.78. The van der Waals surface area contributed by atoms with Gasteiger partial charge in [-0.15, -0.1) is 0 Å². The molecule has 0 heterocycles. The van der Waals surface area contributed by atoms with Gasteiger partial charge in [0, 0.05) is 0 Å². The third-order valence-electron chi connectivity index (χ3n) is 5.77. The van der Waals surface area contributed by atoms with E-state index in [4.69, 9.17) is 16.6 Å². The fourth-order valence-electron chi connectivity index (χ4n) is 3.76. The number of hydrogen-bond donors (Lipinski definition) is 3. The minimum atomic E-state index is -1.97. The van der Waals surface area contributed by atoms with Crippen LogP contribution >= 0.6 is 0 Å². The van der Waals surface area contributed by atoms with E-state index < -0.39 is 40.9 Å². The molecule has 0 spiro atoms. The molecular weight excluding hydrogens is 434 g/mol. The number of ether oxygens (including phenoxy) is 2. The molecule has 2 atom stereocenters. The number of alkyl carbamates (subject to hydrolysis) is 1. The van der Waals surface area contributed by atoms with Crippen LogP contribution in [0.5, 0.6) is 0 Å². The van der Waals surface area contributed by atoms with Crippen LogP contribution in [0.4, 0.5) is 4.79 Å². The second-order valence-corrected chi connectivity index (χ2v) is 10.4. The van der Waals surface area contributed by atoms with Crippen molar-refractivity contribution >= 4 is 17.8 Å². The Morgan fingerprint density at radius 1 is 0.941 bits per heavy atom. The van der Waals surface area contributed by atoms with Crippen LogP contribution in [-0.4, -0.2) is 48.2 Å². The summed E-state index contributed by atoms with van der Waals surface area (Å²) < 4.78 is 18.6. The summed E-state index contributed by atoms with van der Waals surface area (Å²) in [6.07, 6.45) is 9.49. The molecule has 0 saturated carbocycles. The Kier molecular flexibility index (Phi) is 15.1. The van der Waals surface area contributed by atoms with E-state index in [1.54, 1.807) is 34.6 Å². The molecule has 0 saturated heterocycles. The highest BCUT2D eigenvalue weighted by Gasteiger charge is 2.53. The van der Waals surface area contributed by atoms with E-state index in [1.807, 2.05) is 0 Å². The smallest absolute Gasteiger partial charge is 0.408 e. The minimum Gasteiger partial charge on any atom is -0.464 e. The maximum atomic E-state index is 13.7. The normalized spacial score (nSPS) is 14.8. The molecule has 34 heavy (non-hydrogen) atoms. The summed E-state index contributed by atoms with van der Waals surface area (Å²) in [4.78, 5) is 39.7. The molecule has 5 N–H and O–H groups in total. The van der Waals surface area contributed by atoms with Gasteiger partial charge in [0.15, 0.2) is 5.78 Å². The molecular formula is C26H51N3O5. The second kappa shape index (κ2) is 16.9. The Balaban J connectivity index is 5.45. The summed E-state index contributed by atoms with van der Waals surface area (Å²) in [7, 11) is 0. The molecule has 0 rings (SSSR count). The Hall–Kier alpha value is -1.67. The number of amides is 1. The maximum absolute atomic E-state index is 13.7. The summed E-state index contributed by atoms with van der Waals surface area (Å²) in [6, 6.07) is -0.963. The van der Waals surface area contributed by atoms with E-state index in [0.717, 1.165) is 19.3 Å². The molecule has 0 fully saturated rings. The van der Waals surface area contributed by atoms with Gasteiger partial charge in [0.2, 0.25) is 5.54 Å². The van der Waals surface area contributed by atoms with E-state index in [-0.39, 0.29) is 6.61 Å². The number of carbonyl (C=O) groups excluding carboxylic acids is 3. The summed E-state index contributed by atoms with van der Waals surface area (Å²) in [5.74, 6) is -2.05. The van der Waals surface area contributed by atoms with E-state index in [0.29, 0.717) is 32.2 Å². The summed E-state index contributed by atoms with van der Waals surface area (Å²) >= 11 is 0. The molecule has 0 aromatic heterocycles.